The number of hydrogen-bond donors (Lipinski definition) is 2. The summed E-state index contributed by atoms with van der Waals surface area (Å²) in [6.45, 7) is -0.674. The molecule has 0 saturated carbocycles. The minimum atomic E-state index is -4.84. The zero-order valence-corrected chi connectivity index (χ0v) is 11.5. The third-order valence-electron chi connectivity index (χ3n) is 3.60. The van der Waals surface area contributed by atoms with Gasteiger partial charge in [-0.1, -0.05) is 0 Å². The lowest BCUT2D eigenvalue weighted by atomic mass is 9.79. The Morgan fingerprint density at radius 1 is 1.32 bits per heavy atom. The SMILES string of the molecule is C[C@@]1(C(F)(F)F)C[C@@](CF)(c2cc(N)ccc2F)N=C(N)O1. The predicted octanol–water partition coefficient (Wildman–Crippen LogP) is 2.63. The van der Waals surface area contributed by atoms with Gasteiger partial charge in [0.15, 0.2) is 0 Å². The molecule has 4 nitrogen and oxygen atoms in total. The number of benzene rings is 1. The van der Waals surface area contributed by atoms with Gasteiger partial charge in [-0.05, 0) is 25.1 Å². The number of hydrogen-bond acceptors (Lipinski definition) is 4. The van der Waals surface area contributed by atoms with Gasteiger partial charge in [-0.3, -0.25) is 0 Å². The van der Waals surface area contributed by atoms with Crippen LogP contribution >= 0.6 is 0 Å². The summed E-state index contributed by atoms with van der Waals surface area (Å²) in [5.74, 6) is -0.921. The fourth-order valence-electron chi connectivity index (χ4n) is 2.46. The highest BCUT2D eigenvalue weighted by atomic mass is 19.4. The number of anilines is 1. The normalized spacial score (nSPS) is 28.9. The number of nitrogens with two attached hydrogens (primary N) is 2. The van der Waals surface area contributed by atoms with Gasteiger partial charge in [-0.15, -0.1) is 0 Å². The van der Waals surface area contributed by atoms with Crippen molar-refractivity contribution in [3.05, 3.63) is 29.6 Å². The molecule has 22 heavy (non-hydrogen) atoms. The van der Waals surface area contributed by atoms with Crippen LogP contribution in [0.25, 0.3) is 0 Å². The zero-order valence-electron chi connectivity index (χ0n) is 11.5. The van der Waals surface area contributed by atoms with Crippen LogP contribution in [0.3, 0.4) is 0 Å². The van der Waals surface area contributed by atoms with Crippen molar-refractivity contribution in [2.24, 2.45) is 10.7 Å². The summed E-state index contributed by atoms with van der Waals surface area (Å²) in [4.78, 5) is 3.62. The van der Waals surface area contributed by atoms with Crippen molar-refractivity contribution >= 4 is 11.7 Å². The molecular weight excluding hydrogens is 309 g/mol. The molecule has 2 rings (SSSR count). The second-order valence-corrected chi connectivity index (χ2v) is 5.36. The Hall–Kier alpha value is -2.06. The van der Waals surface area contributed by atoms with E-state index in [1.807, 2.05) is 0 Å². The van der Waals surface area contributed by atoms with Gasteiger partial charge in [0, 0.05) is 17.7 Å². The Labute approximate surface area is 122 Å². The fourth-order valence-corrected chi connectivity index (χ4v) is 2.46. The Morgan fingerprint density at radius 2 is 1.95 bits per heavy atom. The number of nitrogens with zero attached hydrogens (tertiary/aromatic N) is 1. The van der Waals surface area contributed by atoms with E-state index in [9.17, 15) is 22.0 Å². The molecule has 0 unspecified atom stereocenters. The first-order chi connectivity index (χ1) is 10.0. The Kier molecular flexibility index (Phi) is 3.70. The Balaban J connectivity index is 2.63. The first-order valence-electron chi connectivity index (χ1n) is 6.25. The van der Waals surface area contributed by atoms with E-state index in [-0.39, 0.29) is 5.69 Å². The van der Waals surface area contributed by atoms with Crippen molar-refractivity contribution in [1.29, 1.82) is 0 Å². The minimum Gasteiger partial charge on any atom is -0.449 e. The lowest BCUT2D eigenvalue weighted by molar-refractivity contribution is -0.258. The molecule has 0 amide bonds. The van der Waals surface area contributed by atoms with E-state index in [0.29, 0.717) is 6.92 Å². The third kappa shape index (κ3) is 2.55. The highest BCUT2D eigenvalue weighted by Gasteiger charge is 2.61. The number of nitrogen functional groups attached to an aromatic ring is 1. The van der Waals surface area contributed by atoms with Gasteiger partial charge in [-0.2, -0.15) is 13.2 Å². The van der Waals surface area contributed by atoms with Gasteiger partial charge >= 0.3 is 6.18 Å². The predicted molar refractivity (Wildman–Crippen MR) is 70.2 cm³/mol. The van der Waals surface area contributed by atoms with Crippen LogP contribution in [0, 0.1) is 5.82 Å². The molecule has 9 heteroatoms. The maximum absolute atomic E-state index is 14.0. The monoisotopic (exact) mass is 323 g/mol. The van der Waals surface area contributed by atoms with Crippen LogP contribution in [0.1, 0.15) is 18.9 Å². The molecule has 1 aromatic carbocycles. The van der Waals surface area contributed by atoms with Gasteiger partial charge in [-0.25, -0.2) is 13.8 Å². The molecule has 4 N–H and O–H groups in total. The maximum Gasteiger partial charge on any atom is 0.428 e. The van der Waals surface area contributed by atoms with Crippen LogP contribution in [0.5, 0.6) is 0 Å². The number of amidine groups is 1. The van der Waals surface area contributed by atoms with Crippen molar-refractivity contribution in [2.75, 3.05) is 12.4 Å². The number of aliphatic imine (C=N–C) groups is 1. The molecule has 1 heterocycles. The molecule has 1 aromatic rings. The zero-order chi connectivity index (χ0) is 16.8. The van der Waals surface area contributed by atoms with E-state index >= 15 is 0 Å². The lowest BCUT2D eigenvalue weighted by Crippen LogP contribution is -2.56. The maximum atomic E-state index is 14.0. The van der Waals surface area contributed by atoms with Crippen molar-refractivity contribution in [3.63, 3.8) is 0 Å². The molecule has 0 radical (unpaired) electrons. The molecule has 0 spiro atoms. The van der Waals surface area contributed by atoms with E-state index in [0.717, 1.165) is 12.1 Å². The summed E-state index contributed by atoms with van der Waals surface area (Å²) in [5, 5.41) is 0. The highest BCUT2D eigenvalue weighted by Crippen LogP contribution is 2.47. The Morgan fingerprint density at radius 3 is 2.50 bits per heavy atom. The second-order valence-electron chi connectivity index (χ2n) is 5.36. The molecule has 0 fully saturated rings. The van der Waals surface area contributed by atoms with Gasteiger partial charge in [0.1, 0.15) is 18.0 Å². The summed E-state index contributed by atoms with van der Waals surface area (Å²) in [5.41, 5.74) is 5.54. The van der Waals surface area contributed by atoms with Crippen molar-refractivity contribution in [2.45, 2.75) is 30.7 Å². The van der Waals surface area contributed by atoms with Crippen LogP contribution in [-0.4, -0.2) is 24.5 Å². The van der Waals surface area contributed by atoms with Crippen LogP contribution in [0.2, 0.25) is 0 Å². The van der Waals surface area contributed by atoms with E-state index in [4.69, 9.17) is 11.5 Å². The van der Waals surface area contributed by atoms with Crippen LogP contribution in [0.15, 0.2) is 23.2 Å². The quantitative estimate of drug-likeness (QED) is 0.649. The smallest absolute Gasteiger partial charge is 0.428 e. The summed E-state index contributed by atoms with van der Waals surface area (Å²) in [6.07, 6.45) is -5.80. The van der Waals surface area contributed by atoms with E-state index in [2.05, 4.69) is 9.73 Å². The van der Waals surface area contributed by atoms with Gasteiger partial charge < -0.3 is 16.2 Å². The molecule has 1 aliphatic rings. The molecule has 2 atom stereocenters. The first-order valence-corrected chi connectivity index (χ1v) is 6.25. The average molecular weight is 323 g/mol. The van der Waals surface area contributed by atoms with Crippen molar-refractivity contribution in [1.82, 2.24) is 0 Å². The highest BCUT2D eigenvalue weighted by molar-refractivity contribution is 5.74. The molecule has 0 saturated heterocycles. The van der Waals surface area contributed by atoms with Crippen LogP contribution in [0.4, 0.5) is 27.6 Å². The molecule has 0 aromatic heterocycles. The summed E-state index contributed by atoms with van der Waals surface area (Å²) in [7, 11) is 0. The lowest BCUT2D eigenvalue weighted by Gasteiger charge is -2.42. The minimum absolute atomic E-state index is 0.0678. The summed E-state index contributed by atoms with van der Waals surface area (Å²) < 4.78 is 71.8. The molecule has 122 valence electrons. The standard InChI is InChI=1S/C13H14F5N3O/c1-11(13(16,17)18)5-12(6-14,21-10(20)22-11)8-4-7(19)2-3-9(8)15/h2-4H,5-6,19H2,1H3,(H2,20,21)/t11-,12+/m0/s1. The van der Waals surface area contributed by atoms with Gasteiger partial charge in [0.05, 0.1) is 0 Å². The van der Waals surface area contributed by atoms with Crippen molar-refractivity contribution in [3.8, 4) is 0 Å². The first kappa shape index (κ1) is 16.3. The fraction of sp³-hybridized carbons (Fsp3) is 0.462. The third-order valence-corrected chi connectivity index (χ3v) is 3.60. The number of ether oxygens (including phenoxy) is 1. The number of halogens is 5. The molecule has 0 aliphatic carbocycles. The topological polar surface area (TPSA) is 73.6 Å². The largest absolute Gasteiger partial charge is 0.449 e. The van der Waals surface area contributed by atoms with E-state index in [1.54, 1.807) is 0 Å². The summed E-state index contributed by atoms with van der Waals surface area (Å²) in [6, 6.07) is 2.34. The average Bonchev–Trinajstić information content (AvgIpc) is 2.39. The molecular formula is C13H14F5N3O. The molecule has 1 aliphatic heterocycles. The van der Waals surface area contributed by atoms with Gasteiger partial charge in [0.25, 0.3) is 6.02 Å². The van der Waals surface area contributed by atoms with Crippen LogP contribution in [-0.2, 0) is 10.3 Å². The van der Waals surface area contributed by atoms with Gasteiger partial charge in [0.2, 0.25) is 5.60 Å². The van der Waals surface area contributed by atoms with E-state index in [1.165, 1.54) is 6.07 Å². The Bertz CT molecular complexity index is 618. The number of rotatable bonds is 2. The number of alkyl halides is 4. The second kappa shape index (κ2) is 4.99. The molecule has 0 bridgehead atoms. The van der Waals surface area contributed by atoms with Crippen molar-refractivity contribution < 1.29 is 26.7 Å². The van der Waals surface area contributed by atoms with E-state index < -0.39 is 47.8 Å². The van der Waals surface area contributed by atoms with Crippen LogP contribution < -0.4 is 11.5 Å². The summed E-state index contributed by atoms with van der Waals surface area (Å²) >= 11 is 0.